The maximum absolute atomic E-state index is 11.7. The second kappa shape index (κ2) is 8.14. The molecule has 0 N–H and O–H groups in total. The van der Waals surface area contributed by atoms with Crippen LogP contribution in [0.25, 0.3) is 10.9 Å². The number of nitrogens with zero attached hydrogens (tertiary/aromatic N) is 2. The van der Waals surface area contributed by atoms with E-state index in [0.29, 0.717) is 21.5 Å². The van der Waals surface area contributed by atoms with E-state index in [1.807, 2.05) is 17.7 Å². The number of ether oxygens (including phenoxy) is 1. The van der Waals surface area contributed by atoms with Gasteiger partial charge in [-0.25, -0.2) is 4.68 Å². The van der Waals surface area contributed by atoms with E-state index in [4.69, 9.17) is 20.5 Å². The largest absolute Gasteiger partial charge is 0.356 e. The Bertz CT molecular complexity index is 894. The molecule has 0 bridgehead atoms. The molecule has 0 radical (unpaired) electrons. The topological polar surface area (TPSA) is 70.4 Å². The number of halogens is 2. The van der Waals surface area contributed by atoms with Gasteiger partial charge >= 0.3 is 0 Å². The van der Waals surface area contributed by atoms with E-state index in [1.165, 1.54) is 0 Å². The third kappa shape index (κ3) is 4.25. The lowest BCUT2D eigenvalue weighted by molar-refractivity contribution is -0.0366. The van der Waals surface area contributed by atoms with E-state index in [2.05, 4.69) is 21.0 Å². The summed E-state index contributed by atoms with van der Waals surface area (Å²) in [5.74, 6) is 0. The van der Waals surface area contributed by atoms with Crippen molar-refractivity contribution < 1.29 is 17.3 Å². The lowest BCUT2D eigenvalue weighted by atomic mass is 10.0. The molecule has 3 rings (SSSR count). The molecule has 144 valence electrons. The molecule has 0 amide bonds. The van der Waals surface area contributed by atoms with Gasteiger partial charge in [0.15, 0.2) is 6.23 Å². The number of hydrogen-bond donors (Lipinski definition) is 0. The Labute approximate surface area is 167 Å². The van der Waals surface area contributed by atoms with Gasteiger partial charge in [-0.05, 0) is 47.7 Å². The number of rotatable bonds is 6. The molecule has 9 heteroatoms. The molecule has 26 heavy (non-hydrogen) atoms. The number of fused-ring (bicyclic) bond motifs is 1. The molecule has 6 nitrogen and oxygen atoms in total. The van der Waals surface area contributed by atoms with Gasteiger partial charge < -0.3 is 4.74 Å². The predicted molar refractivity (Wildman–Crippen MR) is 105 cm³/mol. The zero-order chi connectivity index (χ0) is 18.9. The van der Waals surface area contributed by atoms with E-state index in [9.17, 15) is 8.42 Å². The van der Waals surface area contributed by atoms with E-state index < -0.39 is 16.2 Å². The maximum Gasteiger partial charge on any atom is 0.264 e. The smallest absolute Gasteiger partial charge is 0.264 e. The van der Waals surface area contributed by atoms with Crippen LogP contribution in [0.1, 0.15) is 56.9 Å². The molecule has 1 fully saturated rings. The second-order valence-electron chi connectivity index (χ2n) is 6.51. The van der Waals surface area contributed by atoms with Crippen molar-refractivity contribution in [3.8, 4) is 0 Å². The Kier molecular flexibility index (Phi) is 6.29. The highest BCUT2D eigenvalue weighted by Gasteiger charge is 2.26. The first-order valence-corrected chi connectivity index (χ1v) is 11.7. The predicted octanol–water partition coefficient (Wildman–Crippen LogP) is 4.97. The summed E-state index contributed by atoms with van der Waals surface area (Å²) >= 11 is 10.1. The summed E-state index contributed by atoms with van der Waals surface area (Å²) < 4.78 is 37.0. The third-order valence-electron chi connectivity index (χ3n) is 4.42. The first-order chi connectivity index (χ1) is 12.3. The molecule has 0 spiro atoms. The van der Waals surface area contributed by atoms with Crippen LogP contribution in [0.4, 0.5) is 0 Å². The monoisotopic (exact) mass is 464 g/mol. The minimum absolute atomic E-state index is 0.103. The van der Waals surface area contributed by atoms with Crippen molar-refractivity contribution in [2.24, 2.45) is 0 Å². The Morgan fingerprint density at radius 1 is 1.50 bits per heavy atom. The van der Waals surface area contributed by atoms with E-state index >= 15 is 0 Å². The third-order valence-corrected chi connectivity index (χ3v) is 6.17. The highest BCUT2D eigenvalue weighted by atomic mass is 79.9. The summed E-state index contributed by atoms with van der Waals surface area (Å²) in [4.78, 5) is 0. The molecular formula is C17H22BrClN2O4S. The molecule has 1 saturated heterocycles. The van der Waals surface area contributed by atoms with Gasteiger partial charge in [0, 0.05) is 27.1 Å². The van der Waals surface area contributed by atoms with Crippen LogP contribution in [0.15, 0.2) is 16.7 Å². The van der Waals surface area contributed by atoms with E-state index in [1.54, 1.807) is 6.20 Å². The van der Waals surface area contributed by atoms with Gasteiger partial charge in [0.1, 0.15) is 6.10 Å². The minimum Gasteiger partial charge on any atom is -0.356 e. The summed E-state index contributed by atoms with van der Waals surface area (Å²) in [6.07, 6.45) is 6.42. The molecule has 1 aromatic heterocycles. The van der Waals surface area contributed by atoms with Crippen molar-refractivity contribution in [2.45, 2.75) is 51.4 Å². The fourth-order valence-corrected chi connectivity index (χ4v) is 5.11. The Hall–Kier alpha value is -0.670. The van der Waals surface area contributed by atoms with Crippen molar-refractivity contribution in [2.75, 3.05) is 12.9 Å². The van der Waals surface area contributed by atoms with Crippen LogP contribution in [0.2, 0.25) is 5.02 Å². The average Bonchev–Trinajstić information content (AvgIpc) is 2.98. The molecule has 0 saturated carbocycles. The van der Waals surface area contributed by atoms with Gasteiger partial charge in [0.05, 0.1) is 18.0 Å². The summed E-state index contributed by atoms with van der Waals surface area (Å²) in [7, 11) is -3.61. The highest BCUT2D eigenvalue weighted by Crippen LogP contribution is 2.41. The highest BCUT2D eigenvalue weighted by molar-refractivity contribution is 9.10. The zero-order valence-electron chi connectivity index (χ0n) is 14.7. The SMILES string of the molecule is CCCC(OS(C)(=O)=O)c1c(Cl)cc2c(cnn2C2CCCCO2)c1Br. The number of hydrogen-bond acceptors (Lipinski definition) is 5. The summed E-state index contributed by atoms with van der Waals surface area (Å²) in [5.41, 5.74) is 1.49. The molecule has 1 aliphatic heterocycles. The molecule has 2 atom stereocenters. The van der Waals surface area contributed by atoms with Crippen molar-refractivity contribution in [1.29, 1.82) is 0 Å². The fourth-order valence-electron chi connectivity index (χ4n) is 3.29. The molecular weight excluding hydrogens is 444 g/mol. The lowest BCUT2D eigenvalue weighted by Gasteiger charge is -2.24. The van der Waals surface area contributed by atoms with Crippen LogP contribution in [-0.2, 0) is 19.0 Å². The van der Waals surface area contributed by atoms with E-state index in [0.717, 1.165) is 49.4 Å². The van der Waals surface area contributed by atoms with Gasteiger partial charge in [-0.1, -0.05) is 24.9 Å². The molecule has 2 unspecified atom stereocenters. The van der Waals surface area contributed by atoms with Gasteiger partial charge in [0.2, 0.25) is 0 Å². The molecule has 1 aromatic carbocycles. The first-order valence-electron chi connectivity index (χ1n) is 8.66. The summed E-state index contributed by atoms with van der Waals surface area (Å²) in [5, 5.41) is 5.79. The summed E-state index contributed by atoms with van der Waals surface area (Å²) in [6.45, 7) is 2.69. The molecule has 2 heterocycles. The minimum atomic E-state index is -3.61. The van der Waals surface area contributed by atoms with Gasteiger partial charge in [-0.2, -0.15) is 13.5 Å². The second-order valence-corrected chi connectivity index (χ2v) is 9.31. The lowest BCUT2D eigenvalue weighted by Crippen LogP contribution is -2.19. The van der Waals surface area contributed by atoms with Crippen molar-refractivity contribution >= 4 is 48.6 Å². The van der Waals surface area contributed by atoms with Gasteiger partial charge in [-0.3, -0.25) is 4.18 Å². The van der Waals surface area contributed by atoms with Crippen molar-refractivity contribution in [1.82, 2.24) is 9.78 Å². The van der Waals surface area contributed by atoms with Crippen LogP contribution >= 0.6 is 27.5 Å². The Balaban J connectivity index is 2.07. The van der Waals surface area contributed by atoms with Crippen LogP contribution in [-0.4, -0.2) is 31.1 Å². The molecule has 2 aromatic rings. The first kappa shape index (κ1) is 20.1. The van der Waals surface area contributed by atoms with E-state index in [-0.39, 0.29) is 6.23 Å². The quantitative estimate of drug-likeness (QED) is 0.563. The maximum atomic E-state index is 11.7. The van der Waals surface area contributed by atoms with Crippen LogP contribution < -0.4 is 0 Å². The summed E-state index contributed by atoms with van der Waals surface area (Å²) in [6, 6.07) is 1.82. The van der Waals surface area contributed by atoms with Gasteiger partial charge in [0.25, 0.3) is 10.1 Å². The number of benzene rings is 1. The van der Waals surface area contributed by atoms with Crippen molar-refractivity contribution in [3.63, 3.8) is 0 Å². The number of aromatic nitrogens is 2. The van der Waals surface area contributed by atoms with Crippen LogP contribution in [0.3, 0.4) is 0 Å². The Morgan fingerprint density at radius 2 is 2.27 bits per heavy atom. The van der Waals surface area contributed by atoms with Crippen molar-refractivity contribution in [3.05, 3.63) is 27.3 Å². The van der Waals surface area contributed by atoms with Crippen LogP contribution in [0, 0.1) is 0 Å². The standard InChI is InChI=1S/C17H22BrClN2O4S/c1-3-6-14(25-26(2,22)23)16-12(19)9-13-11(17(16)18)10-20-21(13)15-7-4-5-8-24-15/h9-10,14-15H,3-8H2,1-2H3. The molecule has 1 aliphatic rings. The average molecular weight is 466 g/mol. The zero-order valence-corrected chi connectivity index (χ0v) is 17.9. The fraction of sp³-hybridized carbons (Fsp3) is 0.588. The Morgan fingerprint density at radius 3 is 2.88 bits per heavy atom. The normalized spacial score (nSPS) is 19.8. The molecule has 0 aliphatic carbocycles. The van der Waals surface area contributed by atoms with Crippen LogP contribution in [0.5, 0.6) is 0 Å². The van der Waals surface area contributed by atoms with Gasteiger partial charge in [-0.15, -0.1) is 0 Å².